The molecule has 3 saturated heterocycles. The number of hydrogen-bond acceptors (Lipinski definition) is 14. The summed E-state index contributed by atoms with van der Waals surface area (Å²) in [5, 5.41) is 26.7. The summed E-state index contributed by atoms with van der Waals surface area (Å²) in [6.45, 7) is 11.5. The molecule has 2 saturated carbocycles. The van der Waals surface area contributed by atoms with Crippen molar-refractivity contribution >= 4 is 55.4 Å². The Morgan fingerprint density at radius 1 is 0.944 bits per heavy atom. The molecule has 382 valence electrons. The fraction of sp³-hybridized carbons (Fsp3) is 0.519. The molecule has 17 nitrogen and oxygen atoms in total. The molecule has 3 aromatic carbocycles. The first-order valence-electron chi connectivity index (χ1n) is 25.8. The number of amides is 1. The fourth-order valence-corrected chi connectivity index (χ4v) is 13.7. The van der Waals surface area contributed by atoms with Gasteiger partial charge in [-0.2, -0.15) is 4.98 Å². The molecule has 4 aliphatic heterocycles. The van der Waals surface area contributed by atoms with Gasteiger partial charge < -0.3 is 39.4 Å². The van der Waals surface area contributed by atoms with E-state index in [-0.39, 0.29) is 51.9 Å². The Kier molecular flexibility index (Phi) is 13.0. The highest BCUT2D eigenvalue weighted by molar-refractivity contribution is 7.90. The van der Waals surface area contributed by atoms with E-state index in [2.05, 4.69) is 62.9 Å². The van der Waals surface area contributed by atoms with Gasteiger partial charge in [0.25, 0.3) is 21.6 Å². The molecule has 0 radical (unpaired) electrons. The van der Waals surface area contributed by atoms with Gasteiger partial charge in [0.15, 0.2) is 0 Å². The Labute approximate surface area is 420 Å². The largest absolute Gasteiger partial charge is 0.468 e. The van der Waals surface area contributed by atoms with Crippen LogP contribution in [0, 0.1) is 21.4 Å². The number of piperidine rings is 1. The lowest BCUT2D eigenvalue weighted by Gasteiger charge is -2.57. The third-order valence-electron chi connectivity index (χ3n) is 16.7. The smallest absolute Gasteiger partial charge is 0.293 e. The average molecular weight is 1000 g/mol. The van der Waals surface area contributed by atoms with Crippen LogP contribution in [0.25, 0.3) is 11.0 Å². The molecule has 5 aromatic rings. The van der Waals surface area contributed by atoms with Crippen LogP contribution < -0.4 is 24.6 Å². The molecule has 6 heterocycles. The number of pyridine rings is 1. The number of nitro groups is 1. The van der Waals surface area contributed by atoms with Crippen LogP contribution in [-0.4, -0.2) is 116 Å². The average Bonchev–Trinajstić information content (AvgIpc) is 3.83. The Hall–Kier alpha value is -5.79. The number of aliphatic hydroxyl groups is 1. The van der Waals surface area contributed by atoms with E-state index in [9.17, 15) is 28.4 Å². The number of carbonyl (C=O) groups excluding carboxylic acids is 1. The first kappa shape index (κ1) is 48.5. The number of hydrogen-bond donors (Lipinski definition) is 4. The van der Waals surface area contributed by atoms with Gasteiger partial charge in [-0.15, -0.1) is 0 Å². The van der Waals surface area contributed by atoms with E-state index in [1.54, 1.807) is 12.3 Å². The van der Waals surface area contributed by atoms with Gasteiger partial charge in [0.2, 0.25) is 5.88 Å². The van der Waals surface area contributed by atoms with E-state index in [0.29, 0.717) is 73.9 Å². The number of H-pyrrole nitrogens is 1. The van der Waals surface area contributed by atoms with Crippen LogP contribution in [0.2, 0.25) is 0 Å². The summed E-state index contributed by atoms with van der Waals surface area (Å²) >= 11 is 0. The van der Waals surface area contributed by atoms with Gasteiger partial charge in [-0.1, -0.05) is 38.1 Å². The molecule has 0 unspecified atom stereocenters. The highest BCUT2D eigenvalue weighted by Crippen LogP contribution is 2.54. The molecule has 1 spiro atoms. The van der Waals surface area contributed by atoms with Crippen molar-refractivity contribution < 1.29 is 37.5 Å². The highest BCUT2D eigenvalue weighted by Gasteiger charge is 2.50. The number of benzene rings is 3. The van der Waals surface area contributed by atoms with Gasteiger partial charge in [-0.3, -0.25) is 19.8 Å². The van der Waals surface area contributed by atoms with Crippen molar-refractivity contribution in [2.45, 2.75) is 119 Å². The van der Waals surface area contributed by atoms with Gasteiger partial charge in [-0.25, -0.2) is 13.1 Å². The Balaban J connectivity index is 0.867. The molecule has 2 aromatic heterocycles. The monoisotopic (exact) mass is 1000 g/mol. The third-order valence-corrected chi connectivity index (χ3v) is 18.1. The van der Waals surface area contributed by atoms with Gasteiger partial charge in [0, 0.05) is 67.7 Å². The minimum atomic E-state index is -4.63. The molecular weight excluding hydrogens is 937 g/mol. The maximum atomic E-state index is 14.9. The molecule has 3 atom stereocenters. The maximum Gasteiger partial charge on any atom is 0.293 e. The summed E-state index contributed by atoms with van der Waals surface area (Å²) in [5.74, 6) is -0.0216. The van der Waals surface area contributed by atoms with E-state index in [1.807, 2.05) is 36.1 Å². The first-order valence-corrected chi connectivity index (χ1v) is 27.3. The number of anilines is 4. The van der Waals surface area contributed by atoms with E-state index in [0.717, 1.165) is 81.9 Å². The van der Waals surface area contributed by atoms with Crippen LogP contribution in [0.1, 0.15) is 112 Å². The highest BCUT2D eigenvalue weighted by atomic mass is 32.2. The maximum absolute atomic E-state index is 14.9. The lowest BCUT2D eigenvalue weighted by atomic mass is 9.59. The number of nitrogens with one attached hydrogen (secondary N) is 3. The zero-order valence-electron chi connectivity index (χ0n) is 41.3. The fourth-order valence-electron chi connectivity index (χ4n) is 12.5. The Morgan fingerprint density at radius 2 is 1.72 bits per heavy atom. The van der Waals surface area contributed by atoms with Crippen molar-refractivity contribution in [3.63, 3.8) is 0 Å². The number of nitro benzene ring substituents is 1. The number of carbonyl (C=O) groups is 1. The van der Waals surface area contributed by atoms with Crippen LogP contribution in [0.3, 0.4) is 0 Å². The number of nitrogens with zero attached hydrogens (tertiary/aromatic N) is 5. The standard InChI is InChI=1S/C54H66N8O9S/c1-34(2)40-6-4-5-7-41(40)47-32-70-25-23-60(47)39-29-54(30-39)18-21-59(22-19-54)38-9-11-49(45(28-38)61-43-15-24-69-33-48(43)71-52-46(61)26-36-14-20-55-50(36)57-52)72(67,68)58-51(63)37-8-10-42(44(27-37)62(65)66)56-31-35-12-16-53(3,64)17-13-35/h4-11,14,20,26-28,34-35,39,43,47-48,56,64H,12-13,15-19,21-25,29-33H2,1-3H3,(H,55,57)(H,58,63)/t35?,43-,47+,48-,53?/m1/s1. The number of fused-ring (bicyclic) bond motifs is 3. The van der Waals surface area contributed by atoms with E-state index in [1.165, 1.54) is 23.3 Å². The first-order chi connectivity index (χ1) is 34.6. The van der Waals surface area contributed by atoms with Crippen molar-refractivity contribution in [1.29, 1.82) is 0 Å². The number of morpholine rings is 1. The lowest BCUT2D eigenvalue weighted by molar-refractivity contribution is -0.384. The lowest BCUT2D eigenvalue weighted by Crippen LogP contribution is -2.58. The van der Waals surface area contributed by atoms with Gasteiger partial charge in [-0.05, 0) is 136 Å². The van der Waals surface area contributed by atoms with Gasteiger partial charge >= 0.3 is 0 Å². The molecule has 18 heteroatoms. The summed E-state index contributed by atoms with van der Waals surface area (Å²) in [7, 11) is -4.63. The molecule has 11 rings (SSSR count). The number of aromatic nitrogens is 2. The van der Waals surface area contributed by atoms with Crippen molar-refractivity contribution in [3.05, 3.63) is 106 Å². The van der Waals surface area contributed by atoms with E-state index in [4.69, 9.17) is 19.2 Å². The molecule has 72 heavy (non-hydrogen) atoms. The Bertz CT molecular complexity index is 2950. The van der Waals surface area contributed by atoms with Gasteiger partial charge in [0.1, 0.15) is 28.0 Å². The molecular formula is C54H66N8O9S. The predicted octanol–water partition coefficient (Wildman–Crippen LogP) is 8.58. The van der Waals surface area contributed by atoms with Gasteiger partial charge in [0.05, 0.1) is 48.1 Å². The molecule has 0 bridgehead atoms. The van der Waals surface area contributed by atoms with Crippen LogP contribution in [0.15, 0.2) is 83.9 Å². The topological polar surface area (TPSA) is 205 Å². The second kappa shape index (κ2) is 19.2. The third kappa shape index (κ3) is 9.40. The number of sulfonamides is 1. The van der Waals surface area contributed by atoms with Crippen molar-refractivity contribution in [2.75, 3.05) is 67.7 Å². The predicted molar refractivity (Wildman–Crippen MR) is 275 cm³/mol. The minimum Gasteiger partial charge on any atom is -0.468 e. The minimum absolute atomic E-state index is 0.125. The van der Waals surface area contributed by atoms with Crippen molar-refractivity contribution in [2.24, 2.45) is 11.3 Å². The van der Waals surface area contributed by atoms with Crippen molar-refractivity contribution in [3.8, 4) is 5.88 Å². The second-order valence-corrected chi connectivity index (χ2v) is 23.4. The van der Waals surface area contributed by atoms with Crippen molar-refractivity contribution in [1.82, 2.24) is 19.6 Å². The normalized spacial score (nSPS) is 25.6. The van der Waals surface area contributed by atoms with Crippen LogP contribution >= 0.6 is 0 Å². The second-order valence-electron chi connectivity index (χ2n) is 21.7. The molecule has 5 fully saturated rings. The molecule has 1 amide bonds. The quantitative estimate of drug-likeness (QED) is 0.0683. The SMILES string of the molecule is CC(C)c1ccccc1[C@@H]1COCCN1C1CC2(CCN(c3ccc(S(=O)(=O)NC(=O)c4ccc(NCC5CCC(C)(O)CC5)c([N+](=O)[O-])c4)c(N4c5cc6cc[nH]c6nc5O[C@@H]5COCC[C@H]54)c3)CC2)C1. The summed E-state index contributed by atoms with van der Waals surface area (Å²) in [6, 6.07) is 22.3. The van der Waals surface area contributed by atoms with Crippen LogP contribution in [0.5, 0.6) is 5.88 Å². The number of ether oxygens (including phenoxy) is 3. The summed E-state index contributed by atoms with van der Waals surface area (Å²) in [6.07, 6.45) is 8.99. The summed E-state index contributed by atoms with van der Waals surface area (Å²) in [4.78, 5) is 40.7. The zero-order valence-corrected chi connectivity index (χ0v) is 42.2. The molecule has 4 N–H and O–H groups in total. The Morgan fingerprint density at radius 3 is 2.50 bits per heavy atom. The van der Waals surface area contributed by atoms with Crippen LogP contribution in [-0.2, 0) is 19.5 Å². The number of aromatic amines is 1. The summed E-state index contributed by atoms with van der Waals surface area (Å²) in [5.41, 5.74) is 4.45. The molecule has 6 aliphatic rings. The van der Waals surface area contributed by atoms with E-state index >= 15 is 0 Å². The molecule has 2 aliphatic carbocycles. The number of rotatable bonds is 12. The van der Waals surface area contributed by atoms with Crippen LogP contribution in [0.4, 0.5) is 28.4 Å². The van der Waals surface area contributed by atoms with E-state index < -0.39 is 32.6 Å². The zero-order chi connectivity index (χ0) is 49.9. The summed E-state index contributed by atoms with van der Waals surface area (Å²) < 4.78 is 50.5.